The van der Waals surface area contributed by atoms with E-state index >= 15 is 0 Å². The van der Waals surface area contributed by atoms with Crippen molar-refractivity contribution in [3.05, 3.63) is 65.2 Å². The minimum absolute atomic E-state index is 0.0168. The summed E-state index contributed by atoms with van der Waals surface area (Å²) in [5.74, 6) is 0.280. The number of fused-ring (bicyclic) bond motifs is 1. The average Bonchev–Trinajstić information content (AvgIpc) is 3.34. The molecule has 5 aromatic rings. The molecule has 1 fully saturated rings. The number of hydrogen-bond acceptors (Lipinski definition) is 7. The van der Waals surface area contributed by atoms with Crippen LogP contribution in [0.2, 0.25) is 0 Å². The lowest BCUT2D eigenvalue weighted by atomic mass is 10.0. The van der Waals surface area contributed by atoms with Crippen LogP contribution in [0.25, 0.3) is 28.0 Å². The van der Waals surface area contributed by atoms with E-state index in [0.29, 0.717) is 35.2 Å². The van der Waals surface area contributed by atoms with Crippen molar-refractivity contribution in [2.75, 3.05) is 11.9 Å². The first kappa shape index (κ1) is 23.0. The van der Waals surface area contributed by atoms with Crippen LogP contribution in [0.3, 0.4) is 0 Å². The molecule has 0 atom stereocenters. The number of aliphatic hydroxyl groups is 1. The van der Waals surface area contributed by atoms with Gasteiger partial charge >= 0.3 is 0 Å². The highest BCUT2D eigenvalue weighted by atomic mass is 16.3. The molecule has 0 spiro atoms. The van der Waals surface area contributed by atoms with Gasteiger partial charge in [-0.2, -0.15) is 15.0 Å². The Bertz CT molecular complexity index is 1640. The zero-order valence-corrected chi connectivity index (χ0v) is 20.9. The number of tetrazole rings is 1. The first-order chi connectivity index (χ1) is 17.9. The van der Waals surface area contributed by atoms with Crippen molar-refractivity contribution in [1.82, 2.24) is 39.6 Å². The number of nitrogens with zero attached hydrogens (tertiary/aromatic N) is 8. The predicted octanol–water partition coefficient (Wildman–Crippen LogP) is 3.36. The van der Waals surface area contributed by atoms with Gasteiger partial charge in [0, 0.05) is 28.7 Å². The summed E-state index contributed by atoms with van der Waals surface area (Å²) < 4.78 is 3.48. The molecule has 6 rings (SSSR count). The van der Waals surface area contributed by atoms with E-state index in [4.69, 9.17) is 0 Å². The molecule has 0 aliphatic heterocycles. The van der Waals surface area contributed by atoms with Crippen molar-refractivity contribution in [3.8, 4) is 22.5 Å². The van der Waals surface area contributed by atoms with Crippen LogP contribution >= 0.6 is 0 Å². The number of aryl methyl sites for hydroxylation is 2. The third kappa shape index (κ3) is 4.16. The quantitative estimate of drug-likeness (QED) is 0.353. The molecular weight excluding hydrogens is 470 g/mol. The Kier molecular flexibility index (Phi) is 5.56. The van der Waals surface area contributed by atoms with E-state index in [9.17, 15) is 9.90 Å². The number of hydrogen-bond donors (Lipinski definition) is 2. The van der Waals surface area contributed by atoms with Crippen molar-refractivity contribution >= 4 is 17.1 Å². The predicted molar refractivity (Wildman–Crippen MR) is 137 cm³/mol. The summed E-state index contributed by atoms with van der Waals surface area (Å²) >= 11 is 0. The number of anilines is 1. The second-order valence-electron chi connectivity index (χ2n) is 9.44. The van der Waals surface area contributed by atoms with Gasteiger partial charge in [-0.3, -0.25) is 9.48 Å². The number of aromatic nitrogens is 8. The molecule has 11 nitrogen and oxygen atoms in total. The number of pyridine rings is 1. The molecule has 4 aromatic heterocycles. The van der Waals surface area contributed by atoms with Crippen molar-refractivity contribution in [2.24, 2.45) is 0 Å². The van der Waals surface area contributed by atoms with Crippen molar-refractivity contribution in [1.29, 1.82) is 0 Å². The van der Waals surface area contributed by atoms with Crippen LogP contribution in [0, 0.1) is 20.8 Å². The van der Waals surface area contributed by atoms with Crippen LogP contribution in [-0.4, -0.2) is 57.2 Å². The molecule has 1 aromatic carbocycles. The van der Waals surface area contributed by atoms with Gasteiger partial charge in [0.25, 0.3) is 5.91 Å². The Morgan fingerprint density at radius 1 is 1.11 bits per heavy atom. The molecule has 11 heteroatoms. The van der Waals surface area contributed by atoms with Crippen LogP contribution in [0.15, 0.2) is 42.7 Å². The van der Waals surface area contributed by atoms with Crippen LogP contribution in [0.5, 0.6) is 0 Å². The van der Waals surface area contributed by atoms with Gasteiger partial charge in [-0.05, 0) is 68.2 Å². The molecule has 1 aliphatic rings. The second kappa shape index (κ2) is 8.93. The fourth-order valence-electron chi connectivity index (χ4n) is 4.62. The lowest BCUT2D eigenvalue weighted by Crippen LogP contribution is -2.12. The van der Waals surface area contributed by atoms with Gasteiger partial charge in [0.05, 0.1) is 42.2 Å². The van der Waals surface area contributed by atoms with Crippen molar-refractivity contribution < 1.29 is 9.90 Å². The molecule has 37 heavy (non-hydrogen) atoms. The molecule has 1 aliphatic carbocycles. The largest absolute Gasteiger partial charge is 0.394 e. The van der Waals surface area contributed by atoms with Crippen molar-refractivity contribution in [3.63, 3.8) is 0 Å². The Hall–Kier alpha value is -4.38. The molecule has 1 amide bonds. The zero-order valence-electron chi connectivity index (χ0n) is 20.9. The van der Waals surface area contributed by atoms with E-state index in [1.165, 1.54) is 0 Å². The zero-order chi connectivity index (χ0) is 25.7. The highest BCUT2D eigenvalue weighted by Crippen LogP contribution is 2.34. The number of carbonyl (C=O) groups excluding carboxylic acids is 1. The van der Waals surface area contributed by atoms with Crippen molar-refractivity contribution in [2.45, 2.75) is 46.2 Å². The van der Waals surface area contributed by atoms with Gasteiger partial charge in [0.15, 0.2) is 0 Å². The number of nitrogens with one attached hydrogen (secondary N) is 1. The third-order valence-corrected chi connectivity index (χ3v) is 6.79. The summed E-state index contributed by atoms with van der Waals surface area (Å²) in [7, 11) is 0. The highest BCUT2D eigenvalue weighted by Gasteiger charge is 2.26. The Balaban J connectivity index is 1.31. The van der Waals surface area contributed by atoms with E-state index in [1.54, 1.807) is 20.2 Å². The maximum atomic E-state index is 13.4. The molecule has 2 N–H and O–H groups in total. The van der Waals surface area contributed by atoms with Crippen LogP contribution in [-0.2, 0) is 6.54 Å². The molecule has 0 bridgehead atoms. The summed E-state index contributed by atoms with van der Waals surface area (Å²) in [5.41, 5.74) is 7.28. The Labute approximate surface area is 212 Å². The maximum Gasteiger partial charge on any atom is 0.259 e. The fraction of sp³-hybridized carbons (Fsp3) is 0.308. The SMILES string of the molecule is Cc1ccc(-c2nnn(C3CC3)n2)cc1NC(=O)c1cnn2ccc(-c3c(C)nn(CCO)c3C)cc12. The summed E-state index contributed by atoms with van der Waals surface area (Å²) in [6.07, 6.45) is 5.57. The molecule has 0 unspecified atom stereocenters. The Morgan fingerprint density at radius 3 is 2.73 bits per heavy atom. The first-order valence-corrected chi connectivity index (χ1v) is 12.3. The van der Waals surface area contributed by atoms with Gasteiger partial charge in [-0.25, -0.2) is 4.52 Å². The Morgan fingerprint density at radius 2 is 1.95 bits per heavy atom. The normalized spacial score (nSPS) is 13.4. The molecule has 0 saturated heterocycles. The van der Waals surface area contributed by atoms with Crippen LogP contribution < -0.4 is 5.32 Å². The topological polar surface area (TPSA) is 128 Å². The molecular formula is C26H27N9O2. The van der Waals surface area contributed by atoms with Gasteiger partial charge in [0.2, 0.25) is 5.82 Å². The molecule has 1 saturated carbocycles. The fourth-order valence-corrected chi connectivity index (χ4v) is 4.62. The summed E-state index contributed by atoms with van der Waals surface area (Å²) in [6, 6.07) is 10.0. The highest BCUT2D eigenvalue weighted by molar-refractivity contribution is 6.09. The smallest absolute Gasteiger partial charge is 0.259 e. The van der Waals surface area contributed by atoms with Gasteiger partial charge in [-0.1, -0.05) is 12.1 Å². The lowest BCUT2D eigenvalue weighted by molar-refractivity contribution is 0.102. The first-order valence-electron chi connectivity index (χ1n) is 12.3. The van der Waals surface area contributed by atoms with Crippen LogP contribution in [0.4, 0.5) is 5.69 Å². The van der Waals surface area contributed by atoms with Gasteiger partial charge < -0.3 is 10.4 Å². The maximum absolute atomic E-state index is 13.4. The van der Waals surface area contributed by atoms with E-state index in [-0.39, 0.29) is 12.5 Å². The lowest BCUT2D eigenvalue weighted by Gasteiger charge is -2.10. The third-order valence-electron chi connectivity index (χ3n) is 6.79. The van der Waals surface area contributed by atoms with E-state index in [0.717, 1.165) is 46.5 Å². The molecule has 188 valence electrons. The summed E-state index contributed by atoms with van der Waals surface area (Å²) in [4.78, 5) is 15.1. The number of carbonyl (C=O) groups is 1. The van der Waals surface area contributed by atoms with E-state index in [2.05, 4.69) is 30.9 Å². The van der Waals surface area contributed by atoms with Gasteiger partial charge in [0.1, 0.15) is 0 Å². The number of rotatable bonds is 7. The average molecular weight is 498 g/mol. The summed E-state index contributed by atoms with van der Waals surface area (Å²) in [5, 5.41) is 34.2. The summed E-state index contributed by atoms with van der Waals surface area (Å²) in [6.45, 7) is 6.31. The van der Waals surface area contributed by atoms with Crippen LogP contribution in [0.1, 0.15) is 46.2 Å². The minimum atomic E-state index is -0.258. The molecule has 4 heterocycles. The minimum Gasteiger partial charge on any atom is -0.394 e. The van der Waals surface area contributed by atoms with Gasteiger partial charge in [-0.15, -0.1) is 10.2 Å². The monoisotopic (exact) mass is 497 g/mol. The van der Waals surface area contributed by atoms with E-state index in [1.807, 2.05) is 57.3 Å². The second-order valence-corrected chi connectivity index (χ2v) is 9.44. The van der Waals surface area contributed by atoms with E-state index < -0.39 is 0 Å². The standard InChI is InChI=1S/C26H27N9O2/c1-15-4-5-19(25-29-32-35(31-25)20-6-7-20)12-22(15)28-26(37)21-14-27-34-9-8-18(13-23(21)34)24-16(2)30-33(10-11-36)17(24)3/h4-5,8-9,12-14,20,36H,6-7,10-11H2,1-3H3,(H,28,37). The number of benzene rings is 1. The molecule has 0 radical (unpaired) electrons. The number of aliphatic hydroxyl groups excluding tert-OH is 1. The number of amides is 1.